The lowest BCUT2D eigenvalue weighted by Crippen LogP contribution is -2.22. The van der Waals surface area contributed by atoms with Gasteiger partial charge in [-0.25, -0.2) is 9.18 Å². The van der Waals surface area contributed by atoms with Crippen LogP contribution in [0.3, 0.4) is 0 Å². The predicted molar refractivity (Wildman–Crippen MR) is 68.4 cm³/mol. The molecule has 1 aromatic rings. The summed E-state index contributed by atoms with van der Waals surface area (Å²) >= 11 is 0. The summed E-state index contributed by atoms with van der Waals surface area (Å²) in [6.45, 7) is 2.47. The molecule has 0 saturated carbocycles. The molecule has 1 unspecified atom stereocenters. The molecule has 0 aromatic heterocycles. The zero-order valence-corrected chi connectivity index (χ0v) is 11.2. The van der Waals surface area contributed by atoms with Gasteiger partial charge in [-0.15, -0.1) is 0 Å². The van der Waals surface area contributed by atoms with Crippen molar-refractivity contribution in [2.75, 3.05) is 27.3 Å². The lowest BCUT2D eigenvalue weighted by Gasteiger charge is -2.16. The van der Waals surface area contributed by atoms with Gasteiger partial charge in [0, 0.05) is 26.7 Å². The second kappa shape index (κ2) is 6.12. The molecule has 0 amide bonds. The van der Waals surface area contributed by atoms with Crippen molar-refractivity contribution in [1.82, 2.24) is 4.90 Å². The fraction of sp³-hybridized carbons (Fsp3) is 0.500. The molecule has 5 heteroatoms. The summed E-state index contributed by atoms with van der Waals surface area (Å²) in [6, 6.07) is 4.63. The molecule has 4 nitrogen and oxygen atoms in total. The highest BCUT2D eigenvalue weighted by molar-refractivity contribution is 5.89. The molecule has 104 valence electrons. The van der Waals surface area contributed by atoms with Gasteiger partial charge in [-0.3, -0.25) is 4.90 Å². The first-order chi connectivity index (χ1) is 9.13. The Labute approximate surface area is 112 Å². The van der Waals surface area contributed by atoms with E-state index >= 15 is 0 Å². The van der Waals surface area contributed by atoms with Crippen LogP contribution < -0.4 is 0 Å². The number of esters is 1. The third-order valence-electron chi connectivity index (χ3n) is 3.41. The highest BCUT2D eigenvalue weighted by Crippen LogP contribution is 2.17. The number of hydrogen-bond acceptors (Lipinski definition) is 4. The normalized spacial score (nSPS) is 19.6. The standard InChI is InChI=1S/C14H18FNO3/c1-18-11-5-6-16(9-11)8-10-3-4-12(13(15)7-10)14(17)19-2/h3-4,7,11H,5-6,8-9H2,1-2H3. The van der Waals surface area contributed by atoms with Gasteiger partial charge < -0.3 is 9.47 Å². The summed E-state index contributed by atoms with van der Waals surface area (Å²) in [4.78, 5) is 13.5. The summed E-state index contributed by atoms with van der Waals surface area (Å²) < 4.78 is 23.6. The first-order valence-corrected chi connectivity index (χ1v) is 6.26. The monoisotopic (exact) mass is 267 g/mol. The zero-order valence-electron chi connectivity index (χ0n) is 11.2. The largest absolute Gasteiger partial charge is 0.465 e. The first-order valence-electron chi connectivity index (χ1n) is 6.26. The molecule has 2 rings (SSSR count). The first kappa shape index (κ1) is 14.0. The Morgan fingerprint density at radius 2 is 2.26 bits per heavy atom. The molecular formula is C14H18FNO3. The van der Waals surface area contributed by atoms with Gasteiger partial charge in [0.25, 0.3) is 0 Å². The van der Waals surface area contributed by atoms with Crippen molar-refractivity contribution >= 4 is 5.97 Å². The summed E-state index contributed by atoms with van der Waals surface area (Å²) in [5.41, 5.74) is 0.823. The smallest absolute Gasteiger partial charge is 0.340 e. The van der Waals surface area contributed by atoms with Gasteiger partial charge in [-0.05, 0) is 24.1 Å². The number of hydrogen-bond donors (Lipinski definition) is 0. The number of methoxy groups -OCH3 is 2. The number of nitrogens with zero attached hydrogens (tertiary/aromatic N) is 1. The number of ether oxygens (including phenoxy) is 2. The van der Waals surface area contributed by atoms with Gasteiger partial charge >= 0.3 is 5.97 Å². The SMILES string of the molecule is COC(=O)c1ccc(CN2CCC(OC)C2)cc1F. The van der Waals surface area contributed by atoms with Crippen LogP contribution in [-0.2, 0) is 16.0 Å². The second-order valence-electron chi connectivity index (χ2n) is 4.69. The van der Waals surface area contributed by atoms with Crippen LogP contribution in [0.1, 0.15) is 22.3 Å². The molecule has 0 aliphatic carbocycles. The molecule has 0 N–H and O–H groups in total. The molecule has 1 atom stereocenters. The molecule has 1 aromatic carbocycles. The van der Waals surface area contributed by atoms with E-state index in [1.807, 2.05) is 0 Å². The Balaban J connectivity index is 2.02. The third kappa shape index (κ3) is 3.30. The van der Waals surface area contributed by atoms with Gasteiger partial charge in [0.2, 0.25) is 0 Å². The molecular weight excluding hydrogens is 249 g/mol. The van der Waals surface area contributed by atoms with Crippen LogP contribution in [-0.4, -0.2) is 44.3 Å². The van der Waals surface area contributed by atoms with E-state index in [0.29, 0.717) is 6.54 Å². The summed E-state index contributed by atoms with van der Waals surface area (Å²) in [7, 11) is 2.95. The van der Waals surface area contributed by atoms with Crippen molar-refractivity contribution in [3.63, 3.8) is 0 Å². The van der Waals surface area contributed by atoms with E-state index in [2.05, 4.69) is 9.64 Å². The molecule has 1 saturated heterocycles. The highest BCUT2D eigenvalue weighted by atomic mass is 19.1. The summed E-state index contributed by atoms with van der Waals surface area (Å²) in [5, 5.41) is 0. The Bertz CT molecular complexity index is 464. The van der Waals surface area contributed by atoms with Crippen LogP contribution in [0.2, 0.25) is 0 Å². The summed E-state index contributed by atoms with van der Waals surface area (Å²) in [6.07, 6.45) is 1.26. The molecule has 19 heavy (non-hydrogen) atoms. The van der Waals surface area contributed by atoms with Crippen molar-refractivity contribution in [3.8, 4) is 0 Å². The fourth-order valence-corrected chi connectivity index (χ4v) is 2.32. The maximum absolute atomic E-state index is 13.8. The van der Waals surface area contributed by atoms with E-state index in [9.17, 15) is 9.18 Å². The minimum Gasteiger partial charge on any atom is -0.465 e. The lowest BCUT2D eigenvalue weighted by molar-refractivity contribution is 0.0595. The van der Waals surface area contributed by atoms with Crippen LogP contribution in [0.15, 0.2) is 18.2 Å². The van der Waals surface area contributed by atoms with Crippen LogP contribution in [0, 0.1) is 5.82 Å². The predicted octanol–water partition coefficient (Wildman–Crippen LogP) is 1.83. The second-order valence-corrected chi connectivity index (χ2v) is 4.69. The molecule has 0 bridgehead atoms. The maximum Gasteiger partial charge on any atom is 0.340 e. The van der Waals surface area contributed by atoms with Crippen LogP contribution >= 0.6 is 0 Å². The lowest BCUT2D eigenvalue weighted by atomic mass is 10.1. The van der Waals surface area contributed by atoms with Crippen molar-refractivity contribution in [3.05, 3.63) is 35.1 Å². The zero-order chi connectivity index (χ0) is 13.8. The van der Waals surface area contributed by atoms with Crippen LogP contribution in [0.25, 0.3) is 0 Å². The molecule has 1 fully saturated rings. The van der Waals surface area contributed by atoms with E-state index in [1.54, 1.807) is 13.2 Å². The van der Waals surface area contributed by atoms with Crippen LogP contribution in [0.4, 0.5) is 4.39 Å². The average molecular weight is 267 g/mol. The number of carbonyl (C=O) groups is 1. The van der Waals surface area contributed by atoms with Gasteiger partial charge in [0.1, 0.15) is 5.82 Å². The number of benzene rings is 1. The van der Waals surface area contributed by atoms with E-state index in [-0.39, 0.29) is 11.7 Å². The molecule has 1 aliphatic rings. The fourth-order valence-electron chi connectivity index (χ4n) is 2.32. The number of carbonyl (C=O) groups excluding carboxylic acids is 1. The number of halogens is 1. The maximum atomic E-state index is 13.8. The van der Waals surface area contributed by atoms with Crippen molar-refractivity contribution in [2.24, 2.45) is 0 Å². The highest BCUT2D eigenvalue weighted by Gasteiger charge is 2.22. The third-order valence-corrected chi connectivity index (χ3v) is 3.41. The van der Waals surface area contributed by atoms with E-state index in [1.165, 1.54) is 19.2 Å². The van der Waals surface area contributed by atoms with E-state index in [4.69, 9.17) is 4.74 Å². The summed E-state index contributed by atoms with van der Waals surface area (Å²) in [5.74, 6) is -1.18. The van der Waals surface area contributed by atoms with Gasteiger partial charge in [-0.1, -0.05) is 6.07 Å². The molecule has 0 spiro atoms. The van der Waals surface area contributed by atoms with Gasteiger partial charge in [-0.2, -0.15) is 0 Å². The Hall–Kier alpha value is -1.46. The van der Waals surface area contributed by atoms with Crippen molar-refractivity contribution < 1.29 is 18.7 Å². The quantitative estimate of drug-likeness (QED) is 0.780. The van der Waals surface area contributed by atoms with Gasteiger partial charge in [0.15, 0.2) is 0 Å². The van der Waals surface area contributed by atoms with Crippen molar-refractivity contribution in [1.29, 1.82) is 0 Å². The Morgan fingerprint density at radius 1 is 1.47 bits per heavy atom. The van der Waals surface area contributed by atoms with Crippen LogP contribution in [0.5, 0.6) is 0 Å². The van der Waals surface area contributed by atoms with Gasteiger partial charge in [0.05, 0.1) is 18.8 Å². The van der Waals surface area contributed by atoms with E-state index in [0.717, 1.165) is 25.1 Å². The number of rotatable bonds is 4. The van der Waals surface area contributed by atoms with Crippen molar-refractivity contribution in [2.45, 2.75) is 19.1 Å². The average Bonchev–Trinajstić information content (AvgIpc) is 2.86. The Kier molecular flexibility index (Phi) is 4.50. The minimum absolute atomic E-state index is 0.0255. The minimum atomic E-state index is -0.648. The van der Waals surface area contributed by atoms with E-state index < -0.39 is 11.8 Å². The Morgan fingerprint density at radius 3 is 2.84 bits per heavy atom. The number of likely N-dealkylation sites (tertiary alicyclic amines) is 1. The molecule has 0 radical (unpaired) electrons. The molecule has 1 heterocycles. The molecule has 1 aliphatic heterocycles. The topological polar surface area (TPSA) is 38.8 Å².